The van der Waals surface area contributed by atoms with Gasteiger partial charge in [-0.2, -0.15) is 0 Å². The summed E-state index contributed by atoms with van der Waals surface area (Å²) in [6.45, 7) is 1.16. The summed E-state index contributed by atoms with van der Waals surface area (Å²) < 4.78 is 10.9. The highest BCUT2D eigenvalue weighted by molar-refractivity contribution is 6.30. The Labute approximate surface area is 153 Å². The molecule has 2 aromatic rings. The van der Waals surface area contributed by atoms with Gasteiger partial charge >= 0.3 is 0 Å². The zero-order valence-corrected chi connectivity index (χ0v) is 15.0. The number of nitrogens with one attached hydrogen (secondary N) is 1. The molecule has 0 saturated carbocycles. The zero-order chi connectivity index (χ0) is 17.2. The van der Waals surface area contributed by atoms with E-state index < -0.39 is 0 Å². The maximum absolute atomic E-state index is 6.22. The van der Waals surface area contributed by atoms with Crippen molar-refractivity contribution in [1.29, 1.82) is 0 Å². The number of ether oxygens (including phenoxy) is 2. The first kappa shape index (κ1) is 16.5. The van der Waals surface area contributed by atoms with Crippen molar-refractivity contribution >= 4 is 17.3 Å². The molecule has 0 fully saturated rings. The molecular formula is C21H22ClNO2. The van der Waals surface area contributed by atoms with E-state index in [9.17, 15) is 0 Å². The smallest absolute Gasteiger partial charge is 0.119 e. The van der Waals surface area contributed by atoms with E-state index in [0.717, 1.165) is 17.2 Å². The summed E-state index contributed by atoms with van der Waals surface area (Å²) in [6, 6.07) is 14.8. The van der Waals surface area contributed by atoms with Gasteiger partial charge in [-0.15, -0.1) is 0 Å². The summed E-state index contributed by atoms with van der Waals surface area (Å²) >= 11 is 6.22. The summed E-state index contributed by atoms with van der Waals surface area (Å²) in [5, 5.41) is 4.51. The standard InChI is InChI=1S/C21H22ClNO2/c1-24-10-11-25-16-8-9-20-19(13-16)17-6-3-7-18(17)21(23-20)14-4-2-5-15(22)12-14/h2-6,8-9,12-13,17-18,21,23H,7,10-11H2,1H3. The van der Waals surface area contributed by atoms with Gasteiger partial charge in [-0.05, 0) is 53.8 Å². The van der Waals surface area contributed by atoms with Crippen LogP contribution in [0.2, 0.25) is 5.02 Å². The van der Waals surface area contributed by atoms with Crippen LogP contribution in [0.5, 0.6) is 5.75 Å². The molecular weight excluding hydrogens is 334 g/mol. The number of anilines is 1. The molecule has 2 aliphatic rings. The van der Waals surface area contributed by atoms with E-state index in [1.165, 1.54) is 16.8 Å². The molecule has 0 radical (unpaired) electrons. The van der Waals surface area contributed by atoms with Gasteiger partial charge in [-0.1, -0.05) is 35.9 Å². The molecule has 0 aromatic heterocycles. The third-order valence-electron chi connectivity index (χ3n) is 5.10. The fourth-order valence-corrected chi connectivity index (χ4v) is 4.13. The quantitative estimate of drug-likeness (QED) is 0.591. The molecule has 25 heavy (non-hydrogen) atoms. The summed E-state index contributed by atoms with van der Waals surface area (Å²) in [6.07, 6.45) is 5.70. The third kappa shape index (κ3) is 3.26. The lowest BCUT2D eigenvalue weighted by molar-refractivity contribution is 0.146. The molecule has 1 aliphatic heterocycles. The number of rotatable bonds is 5. The minimum atomic E-state index is 0.270. The van der Waals surface area contributed by atoms with Crippen LogP contribution in [0.15, 0.2) is 54.6 Å². The molecule has 0 spiro atoms. The summed E-state index contributed by atoms with van der Waals surface area (Å²) in [5.74, 6) is 1.81. The van der Waals surface area contributed by atoms with Gasteiger partial charge in [0.2, 0.25) is 0 Å². The number of hydrogen-bond acceptors (Lipinski definition) is 3. The van der Waals surface area contributed by atoms with E-state index >= 15 is 0 Å². The zero-order valence-electron chi connectivity index (χ0n) is 14.2. The first-order valence-corrected chi connectivity index (χ1v) is 9.08. The second-order valence-corrected chi connectivity index (χ2v) is 7.06. The number of methoxy groups -OCH3 is 1. The van der Waals surface area contributed by atoms with E-state index in [4.69, 9.17) is 21.1 Å². The van der Waals surface area contributed by atoms with Gasteiger partial charge in [-0.25, -0.2) is 0 Å². The van der Waals surface area contributed by atoms with Gasteiger partial charge in [0.05, 0.1) is 12.6 Å². The van der Waals surface area contributed by atoms with Crippen LogP contribution in [0.1, 0.15) is 29.5 Å². The predicted molar refractivity (Wildman–Crippen MR) is 102 cm³/mol. The maximum atomic E-state index is 6.22. The molecule has 1 heterocycles. The van der Waals surface area contributed by atoms with Gasteiger partial charge in [0.25, 0.3) is 0 Å². The van der Waals surface area contributed by atoms with Crippen molar-refractivity contribution in [2.75, 3.05) is 25.6 Å². The van der Waals surface area contributed by atoms with Crippen molar-refractivity contribution in [2.45, 2.75) is 18.4 Å². The van der Waals surface area contributed by atoms with Crippen molar-refractivity contribution in [3.8, 4) is 5.75 Å². The molecule has 0 amide bonds. The van der Waals surface area contributed by atoms with Gasteiger partial charge in [0.15, 0.2) is 0 Å². The molecule has 1 N–H and O–H groups in total. The first-order chi connectivity index (χ1) is 12.3. The Hall–Kier alpha value is -1.97. The minimum Gasteiger partial charge on any atom is -0.491 e. The molecule has 3 atom stereocenters. The Kier molecular flexibility index (Phi) is 4.69. The van der Waals surface area contributed by atoms with Gasteiger partial charge in [0.1, 0.15) is 12.4 Å². The SMILES string of the molecule is COCCOc1ccc2c(c1)C1C=CCC1C(c1cccc(Cl)c1)N2. The fraction of sp³-hybridized carbons (Fsp3) is 0.333. The Balaban J connectivity index is 1.64. The van der Waals surface area contributed by atoms with Gasteiger partial charge < -0.3 is 14.8 Å². The third-order valence-corrected chi connectivity index (χ3v) is 5.33. The second kappa shape index (κ2) is 7.11. The highest BCUT2D eigenvalue weighted by Gasteiger charge is 2.38. The average Bonchev–Trinajstić information content (AvgIpc) is 3.11. The van der Waals surface area contributed by atoms with E-state index in [1.54, 1.807) is 7.11 Å². The molecule has 4 heteroatoms. The molecule has 3 nitrogen and oxygen atoms in total. The molecule has 0 saturated heterocycles. The van der Waals surface area contributed by atoms with E-state index in [0.29, 0.717) is 25.0 Å². The molecule has 130 valence electrons. The highest BCUT2D eigenvalue weighted by Crippen LogP contribution is 2.50. The van der Waals surface area contributed by atoms with Crippen LogP contribution in [0.25, 0.3) is 0 Å². The Morgan fingerprint density at radius 3 is 2.92 bits per heavy atom. The number of fused-ring (bicyclic) bond motifs is 3. The molecule has 2 aromatic carbocycles. The normalized spacial score (nSPS) is 23.7. The van der Waals surface area contributed by atoms with Gasteiger partial charge in [-0.3, -0.25) is 0 Å². The predicted octanol–water partition coefficient (Wildman–Crippen LogP) is 5.19. The maximum Gasteiger partial charge on any atom is 0.119 e. The van der Waals surface area contributed by atoms with Crippen LogP contribution < -0.4 is 10.1 Å². The molecule has 4 rings (SSSR count). The largest absolute Gasteiger partial charge is 0.491 e. The van der Waals surface area contributed by atoms with Crippen LogP contribution in [-0.2, 0) is 4.74 Å². The molecule has 0 bridgehead atoms. The summed E-state index contributed by atoms with van der Waals surface area (Å²) in [5.41, 5.74) is 3.74. The van der Waals surface area contributed by atoms with Crippen molar-refractivity contribution < 1.29 is 9.47 Å². The Morgan fingerprint density at radius 1 is 1.16 bits per heavy atom. The van der Waals surface area contributed by atoms with Gasteiger partial charge in [0, 0.05) is 23.7 Å². The Morgan fingerprint density at radius 2 is 2.08 bits per heavy atom. The lowest BCUT2D eigenvalue weighted by atomic mass is 9.77. The van der Waals surface area contributed by atoms with Crippen LogP contribution in [0.4, 0.5) is 5.69 Å². The summed E-state index contributed by atoms with van der Waals surface area (Å²) in [4.78, 5) is 0. The van der Waals surface area contributed by atoms with Crippen LogP contribution in [0.3, 0.4) is 0 Å². The number of halogens is 1. The Bertz CT molecular complexity index is 789. The van der Waals surface area contributed by atoms with E-state index in [2.05, 4.69) is 41.7 Å². The van der Waals surface area contributed by atoms with Crippen molar-refractivity contribution in [2.24, 2.45) is 5.92 Å². The fourth-order valence-electron chi connectivity index (χ4n) is 3.94. The monoisotopic (exact) mass is 355 g/mol. The lowest BCUT2D eigenvalue weighted by Gasteiger charge is -2.37. The summed E-state index contributed by atoms with van der Waals surface area (Å²) in [7, 11) is 1.68. The molecule has 1 aliphatic carbocycles. The van der Waals surface area contributed by atoms with Crippen LogP contribution in [-0.4, -0.2) is 20.3 Å². The number of benzene rings is 2. The minimum absolute atomic E-state index is 0.270. The average molecular weight is 356 g/mol. The second-order valence-electron chi connectivity index (χ2n) is 6.62. The van der Waals surface area contributed by atoms with Crippen molar-refractivity contribution in [3.63, 3.8) is 0 Å². The van der Waals surface area contributed by atoms with Crippen molar-refractivity contribution in [3.05, 3.63) is 70.8 Å². The van der Waals surface area contributed by atoms with E-state index in [1.807, 2.05) is 18.2 Å². The first-order valence-electron chi connectivity index (χ1n) is 8.70. The van der Waals surface area contributed by atoms with E-state index in [-0.39, 0.29) is 6.04 Å². The lowest BCUT2D eigenvalue weighted by Crippen LogP contribution is -2.29. The number of allylic oxidation sites excluding steroid dienone is 2. The number of hydrogen-bond donors (Lipinski definition) is 1. The van der Waals surface area contributed by atoms with Crippen LogP contribution in [0, 0.1) is 5.92 Å². The molecule has 3 unspecified atom stereocenters. The highest BCUT2D eigenvalue weighted by atomic mass is 35.5. The van der Waals surface area contributed by atoms with Crippen molar-refractivity contribution in [1.82, 2.24) is 0 Å². The van der Waals surface area contributed by atoms with Crippen LogP contribution >= 0.6 is 11.6 Å². The topological polar surface area (TPSA) is 30.5 Å².